The van der Waals surface area contributed by atoms with E-state index >= 15 is 0 Å². The molecule has 1 rings (SSSR count). The molecule has 0 aliphatic carbocycles. The summed E-state index contributed by atoms with van der Waals surface area (Å²) in [5.74, 6) is -0.639. The summed E-state index contributed by atoms with van der Waals surface area (Å²) in [5, 5.41) is 3.81. The molecule has 0 fully saturated rings. The summed E-state index contributed by atoms with van der Waals surface area (Å²) in [6.07, 6.45) is 1.61. The van der Waals surface area contributed by atoms with Gasteiger partial charge in [-0.05, 0) is 13.0 Å². The molecule has 6 heteroatoms. The van der Waals surface area contributed by atoms with Crippen LogP contribution >= 0.6 is 0 Å². The average Bonchev–Trinajstić information content (AvgIpc) is 2.32. The van der Waals surface area contributed by atoms with Crippen LogP contribution in [0.1, 0.15) is 12.6 Å². The molecule has 0 aromatic carbocycles. The van der Waals surface area contributed by atoms with Gasteiger partial charge < -0.3 is 0 Å². The molecule has 0 saturated carbocycles. The maximum absolute atomic E-state index is 12.1. The van der Waals surface area contributed by atoms with Gasteiger partial charge in [0.05, 0.1) is 5.69 Å². The van der Waals surface area contributed by atoms with E-state index in [1.54, 1.807) is 10.9 Å². The Labute approximate surface area is 70.2 Å². The summed E-state index contributed by atoms with van der Waals surface area (Å²) in [7, 11) is -4.45. The predicted molar refractivity (Wildman–Crippen MR) is 41.6 cm³/mol. The molecule has 0 amide bonds. The van der Waals surface area contributed by atoms with Crippen molar-refractivity contribution in [3.05, 3.63) is 18.0 Å². The van der Waals surface area contributed by atoms with Crippen molar-refractivity contribution in [1.82, 2.24) is 9.78 Å². The molecule has 0 aliphatic rings. The molecule has 0 N–H and O–H groups in total. The van der Waals surface area contributed by atoms with Crippen LogP contribution in [0.4, 0.5) is 3.89 Å². The van der Waals surface area contributed by atoms with E-state index in [9.17, 15) is 12.3 Å². The lowest BCUT2D eigenvalue weighted by atomic mass is 10.5. The maximum atomic E-state index is 12.1. The lowest BCUT2D eigenvalue weighted by Crippen LogP contribution is -2.00. The van der Waals surface area contributed by atoms with E-state index in [0.717, 1.165) is 0 Å². The largest absolute Gasteiger partial charge is 0.308 e. The standard InChI is InChI=1S/C6H9FN2O2S/c1-2-9-4-3-6(8-9)5-12(7,10)11/h3-4H,2,5H2,1H3. The minimum absolute atomic E-state index is 0.236. The summed E-state index contributed by atoms with van der Waals surface area (Å²) in [5.41, 5.74) is 0.236. The van der Waals surface area contributed by atoms with Crippen molar-refractivity contribution in [2.24, 2.45) is 0 Å². The van der Waals surface area contributed by atoms with E-state index in [4.69, 9.17) is 0 Å². The fraction of sp³-hybridized carbons (Fsp3) is 0.500. The quantitative estimate of drug-likeness (QED) is 0.662. The van der Waals surface area contributed by atoms with E-state index in [1.807, 2.05) is 6.92 Å². The van der Waals surface area contributed by atoms with Gasteiger partial charge in [-0.25, -0.2) is 0 Å². The van der Waals surface area contributed by atoms with Crippen molar-refractivity contribution in [2.45, 2.75) is 19.2 Å². The van der Waals surface area contributed by atoms with Gasteiger partial charge in [-0.1, -0.05) is 0 Å². The Morgan fingerprint density at radius 2 is 2.33 bits per heavy atom. The van der Waals surface area contributed by atoms with Crippen LogP contribution in [0.5, 0.6) is 0 Å². The Morgan fingerprint density at radius 3 is 2.75 bits per heavy atom. The third-order valence-electron chi connectivity index (χ3n) is 1.34. The highest BCUT2D eigenvalue weighted by Crippen LogP contribution is 2.03. The maximum Gasteiger partial charge on any atom is 0.308 e. The Morgan fingerprint density at radius 1 is 1.67 bits per heavy atom. The van der Waals surface area contributed by atoms with Crippen LogP contribution < -0.4 is 0 Å². The van der Waals surface area contributed by atoms with E-state index < -0.39 is 16.0 Å². The van der Waals surface area contributed by atoms with Crippen LogP contribution in [0.25, 0.3) is 0 Å². The molecule has 1 aromatic rings. The number of hydrogen-bond acceptors (Lipinski definition) is 3. The second-order valence-corrected chi connectivity index (χ2v) is 3.71. The fourth-order valence-electron chi connectivity index (χ4n) is 0.833. The van der Waals surface area contributed by atoms with Crippen LogP contribution in [-0.4, -0.2) is 18.2 Å². The van der Waals surface area contributed by atoms with Crippen molar-refractivity contribution in [3.63, 3.8) is 0 Å². The second kappa shape index (κ2) is 3.22. The molecule has 4 nitrogen and oxygen atoms in total. The molecule has 0 unspecified atom stereocenters. The Balaban J connectivity index is 2.78. The number of aromatic nitrogens is 2. The number of rotatable bonds is 3. The zero-order chi connectivity index (χ0) is 9.19. The average molecular weight is 192 g/mol. The normalized spacial score (nSPS) is 11.8. The van der Waals surface area contributed by atoms with Crippen molar-refractivity contribution >= 4 is 10.2 Å². The third kappa shape index (κ3) is 2.61. The number of halogens is 1. The highest BCUT2D eigenvalue weighted by atomic mass is 32.3. The van der Waals surface area contributed by atoms with Gasteiger partial charge in [-0.2, -0.15) is 13.5 Å². The first kappa shape index (κ1) is 9.18. The molecule has 0 bridgehead atoms. The molecule has 0 atom stereocenters. The fourth-order valence-corrected chi connectivity index (χ4v) is 1.34. The van der Waals surface area contributed by atoms with Gasteiger partial charge in [-0.15, -0.1) is 3.89 Å². The molecule has 0 radical (unpaired) electrons. The van der Waals surface area contributed by atoms with Gasteiger partial charge in [0.2, 0.25) is 0 Å². The minimum Gasteiger partial charge on any atom is -0.273 e. The van der Waals surface area contributed by atoms with Crippen molar-refractivity contribution < 1.29 is 12.3 Å². The summed E-state index contributed by atoms with van der Waals surface area (Å²) in [4.78, 5) is 0. The first-order valence-electron chi connectivity index (χ1n) is 3.46. The van der Waals surface area contributed by atoms with Crippen LogP contribution in [-0.2, 0) is 22.5 Å². The first-order valence-corrected chi connectivity index (χ1v) is 5.01. The highest BCUT2D eigenvalue weighted by Gasteiger charge is 2.10. The lowest BCUT2D eigenvalue weighted by molar-refractivity contribution is 0.549. The Bertz CT molecular complexity index is 357. The molecular formula is C6H9FN2O2S. The second-order valence-electron chi connectivity index (χ2n) is 2.35. The van der Waals surface area contributed by atoms with E-state index in [0.29, 0.717) is 6.54 Å². The zero-order valence-corrected chi connectivity index (χ0v) is 7.38. The molecular weight excluding hydrogens is 183 g/mol. The van der Waals surface area contributed by atoms with E-state index in [-0.39, 0.29) is 5.69 Å². The molecule has 1 aromatic heterocycles. The van der Waals surface area contributed by atoms with Gasteiger partial charge >= 0.3 is 10.2 Å². The monoisotopic (exact) mass is 192 g/mol. The zero-order valence-electron chi connectivity index (χ0n) is 6.57. The molecule has 1 heterocycles. The van der Waals surface area contributed by atoms with Gasteiger partial charge in [0.15, 0.2) is 0 Å². The van der Waals surface area contributed by atoms with Crippen LogP contribution in [0.3, 0.4) is 0 Å². The lowest BCUT2D eigenvalue weighted by Gasteiger charge is -1.92. The molecule has 0 aliphatic heterocycles. The topological polar surface area (TPSA) is 52.0 Å². The molecule has 0 spiro atoms. The molecule has 12 heavy (non-hydrogen) atoms. The summed E-state index contributed by atoms with van der Waals surface area (Å²) < 4.78 is 34.0. The first-order chi connectivity index (χ1) is 5.51. The summed E-state index contributed by atoms with van der Waals surface area (Å²) in [6.45, 7) is 2.51. The number of nitrogens with zero attached hydrogens (tertiary/aromatic N) is 2. The van der Waals surface area contributed by atoms with Crippen molar-refractivity contribution in [2.75, 3.05) is 0 Å². The van der Waals surface area contributed by atoms with Crippen LogP contribution in [0.2, 0.25) is 0 Å². The summed E-state index contributed by atoms with van der Waals surface area (Å²) >= 11 is 0. The van der Waals surface area contributed by atoms with Crippen molar-refractivity contribution in [1.29, 1.82) is 0 Å². The van der Waals surface area contributed by atoms with Gasteiger partial charge in [0.25, 0.3) is 0 Å². The van der Waals surface area contributed by atoms with Gasteiger partial charge in [-0.3, -0.25) is 4.68 Å². The highest BCUT2D eigenvalue weighted by molar-refractivity contribution is 7.85. The number of aryl methyl sites for hydroxylation is 1. The minimum atomic E-state index is -4.45. The SMILES string of the molecule is CCn1ccc(CS(=O)(=O)F)n1. The van der Waals surface area contributed by atoms with Gasteiger partial charge in [0, 0.05) is 12.7 Å². The van der Waals surface area contributed by atoms with Crippen LogP contribution in [0, 0.1) is 0 Å². The molecule has 68 valence electrons. The molecule has 0 saturated heterocycles. The smallest absolute Gasteiger partial charge is 0.273 e. The van der Waals surface area contributed by atoms with Crippen molar-refractivity contribution in [3.8, 4) is 0 Å². The summed E-state index contributed by atoms with van der Waals surface area (Å²) in [6, 6.07) is 1.49. The predicted octanol–water partition coefficient (Wildman–Crippen LogP) is 0.702. The third-order valence-corrected chi connectivity index (χ3v) is 1.98. The van der Waals surface area contributed by atoms with E-state index in [1.165, 1.54) is 6.07 Å². The number of hydrogen-bond donors (Lipinski definition) is 0. The Kier molecular flexibility index (Phi) is 2.46. The Hall–Kier alpha value is -0.910. The van der Waals surface area contributed by atoms with Gasteiger partial charge in [0.1, 0.15) is 5.75 Å². The van der Waals surface area contributed by atoms with Crippen LogP contribution in [0.15, 0.2) is 12.3 Å². The van der Waals surface area contributed by atoms with E-state index in [2.05, 4.69) is 5.10 Å².